The van der Waals surface area contributed by atoms with Crippen LogP contribution in [0.15, 0.2) is 29.3 Å². The van der Waals surface area contributed by atoms with Crippen molar-refractivity contribution in [2.75, 3.05) is 53.9 Å². The molecule has 0 aromatic heterocycles. The van der Waals surface area contributed by atoms with E-state index in [-0.39, 0.29) is 30.5 Å². The van der Waals surface area contributed by atoms with E-state index in [1.807, 2.05) is 43.1 Å². The summed E-state index contributed by atoms with van der Waals surface area (Å²) in [6.45, 7) is 2.82. The zero-order chi connectivity index (χ0) is 18.9. The first-order valence-corrected chi connectivity index (χ1v) is 8.08. The monoisotopic (exact) mass is 488 g/mol. The molecule has 150 valence electrons. The van der Waals surface area contributed by atoms with E-state index in [0.29, 0.717) is 25.7 Å². The average Bonchev–Trinajstić information content (AvgIpc) is 2.51. The lowest BCUT2D eigenvalue weighted by molar-refractivity contribution is -0.142. The summed E-state index contributed by atoms with van der Waals surface area (Å²) in [4.78, 5) is 7.23. The molecule has 0 saturated carbocycles. The molecule has 0 fully saturated rings. The molecule has 0 amide bonds. The number of rotatable bonds is 8. The highest BCUT2D eigenvalue weighted by molar-refractivity contribution is 14.0. The fraction of sp³-hybridized carbons (Fsp3) is 0.588. The third-order valence-electron chi connectivity index (χ3n) is 3.52. The van der Waals surface area contributed by atoms with Crippen molar-refractivity contribution in [3.05, 3.63) is 29.8 Å². The van der Waals surface area contributed by atoms with Crippen molar-refractivity contribution in [3.8, 4) is 5.75 Å². The standard InChI is InChI=1S/C17H27F3N4O.HI/c1-14-5-7-15(8-6-14)25-12-11-24(4)16(21-2)22-9-10-23(3)13-17(18,19)20;/h5-8H,9-13H2,1-4H3,(H,21,22);1H. The van der Waals surface area contributed by atoms with Gasteiger partial charge in [0.1, 0.15) is 12.4 Å². The van der Waals surface area contributed by atoms with Gasteiger partial charge in [0, 0.05) is 27.2 Å². The molecule has 1 aromatic rings. The molecule has 0 heterocycles. The fourth-order valence-corrected chi connectivity index (χ4v) is 2.17. The van der Waals surface area contributed by atoms with Crippen LogP contribution in [0.3, 0.4) is 0 Å². The van der Waals surface area contributed by atoms with E-state index in [2.05, 4.69) is 10.3 Å². The van der Waals surface area contributed by atoms with E-state index in [1.165, 1.54) is 17.5 Å². The van der Waals surface area contributed by atoms with Crippen molar-refractivity contribution in [2.24, 2.45) is 4.99 Å². The van der Waals surface area contributed by atoms with Crippen LogP contribution in [0.2, 0.25) is 0 Å². The molecule has 26 heavy (non-hydrogen) atoms. The second kappa shape index (κ2) is 12.2. The van der Waals surface area contributed by atoms with Gasteiger partial charge < -0.3 is 15.0 Å². The lowest BCUT2D eigenvalue weighted by atomic mass is 10.2. The number of benzene rings is 1. The first kappa shape index (κ1) is 24.8. The largest absolute Gasteiger partial charge is 0.492 e. The van der Waals surface area contributed by atoms with Crippen LogP contribution in [0.5, 0.6) is 5.75 Å². The average molecular weight is 488 g/mol. The van der Waals surface area contributed by atoms with Crippen LogP contribution in [0.4, 0.5) is 13.2 Å². The third kappa shape index (κ3) is 10.7. The first-order chi connectivity index (χ1) is 11.7. The number of alkyl halides is 3. The van der Waals surface area contributed by atoms with Gasteiger partial charge in [-0.25, -0.2) is 0 Å². The van der Waals surface area contributed by atoms with Crippen LogP contribution in [-0.2, 0) is 0 Å². The van der Waals surface area contributed by atoms with Gasteiger partial charge in [0.15, 0.2) is 5.96 Å². The van der Waals surface area contributed by atoms with E-state index in [4.69, 9.17) is 4.74 Å². The third-order valence-corrected chi connectivity index (χ3v) is 3.52. The molecule has 0 aliphatic rings. The highest BCUT2D eigenvalue weighted by atomic mass is 127. The maximum atomic E-state index is 12.3. The molecule has 0 saturated heterocycles. The van der Waals surface area contributed by atoms with Crippen LogP contribution in [0.1, 0.15) is 5.56 Å². The minimum absolute atomic E-state index is 0. The fourth-order valence-electron chi connectivity index (χ4n) is 2.17. The van der Waals surface area contributed by atoms with Crippen LogP contribution in [-0.4, -0.2) is 75.9 Å². The molecular formula is C17H28F3IN4O. The molecule has 9 heteroatoms. The predicted molar refractivity (Wildman–Crippen MR) is 110 cm³/mol. The second-order valence-corrected chi connectivity index (χ2v) is 5.91. The number of ether oxygens (including phenoxy) is 1. The summed E-state index contributed by atoms with van der Waals surface area (Å²) < 4.78 is 42.5. The summed E-state index contributed by atoms with van der Waals surface area (Å²) in [5, 5.41) is 3.05. The van der Waals surface area contributed by atoms with Crippen molar-refractivity contribution in [2.45, 2.75) is 13.1 Å². The Hall–Kier alpha value is -1.23. The van der Waals surface area contributed by atoms with Gasteiger partial charge in [0.05, 0.1) is 13.1 Å². The number of guanidine groups is 1. The van der Waals surface area contributed by atoms with Crippen LogP contribution in [0.25, 0.3) is 0 Å². The van der Waals surface area contributed by atoms with Gasteiger partial charge >= 0.3 is 6.18 Å². The maximum Gasteiger partial charge on any atom is 0.401 e. The van der Waals surface area contributed by atoms with Gasteiger partial charge in [-0.05, 0) is 26.1 Å². The zero-order valence-electron chi connectivity index (χ0n) is 15.6. The Bertz CT molecular complexity index is 538. The molecule has 0 bridgehead atoms. The van der Waals surface area contributed by atoms with E-state index in [9.17, 15) is 13.2 Å². The molecule has 0 aliphatic heterocycles. The molecular weight excluding hydrogens is 460 g/mol. The number of hydrogen-bond acceptors (Lipinski definition) is 3. The van der Waals surface area contributed by atoms with Gasteiger partial charge in [-0.3, -0.25) is 9.89 Å². The Morgan fingerprint density at radius 3 is 2.31 bits per heavy atom. The Labute approximate surface area is 170 Å². The number of aryl methyl sites for hydroxylation is 1. The lowest BCUT2D eigenvalue weighted by Gasteiger charge is -2.24. The van der Waals surface area contributed by atoms with Crippen LogP contribution >= 0.6 is 24.0 Å². The summed E-state index contributed by atoms with van der Waals surface area (Å²) in [6, 6.07) is 7.80. The van der Waals surface area contributed by atoms with Gasteiger partial charge in [0.2, 0.25) is 0 Å². The number of likely N-dealkylation sites (N-methyl/N-ethyl adjacent to an activating group) is 2. The summed E-state index contributed by atoms with van der Waals surface area (Å²) in [6.07, 6.45) is -4.18. The summed E-state index contributed by atoms with van der Waals surface area (Å²) in [7, 11) is 4.93. The molecule has 0 atom stereocenters. The van der Waals surface area contributed by atoms with Gasteiger partial charge in [-0.1, -0.05) is 17.7 Å². The highest BCUT2D eigenvalue weighted by Gasteiger charge is 2.28. The number of halogens is 4. The summed E-state index contributed by atoms with van der Waals surface area (Å²) >= 11 is 0. The highest BCUT2D eigenvalue weighted by Crippen LogP contribution is 2.15. The van der Waals surface area contributed by atoms with Crippen molar-refractivity contribution in [1.29, 1.82) is 0 Å². The molecule has 0 spiro atoms. The Balaban J connectivity index is 0.00000625. The number of hydrogen-bond donors (Lipinski definition) is 1. The molecule has 0 radical (unpaired) electrons. The molecule has 1 N–H and O–H groups in total. The van der Waals surface area contributed by atoms with E-state index < -0.39 is 12.7 Å². The molecule has 0 aliphatic carbocycles. The molecule has 1 rings (SSSR count). The number of nitrogens with one attached hydrogen (secondary N) is 1. The van der Waals surface area contributed by atoms with Crippen molar-refractivity contribution in [3.63, 3.8) is 0 Å². The smallest absolute Gasteiger partial charge is 0.401 e. The van der Waals surface area contributed by atoms with Crippen molar-refractivity contribution in [1.82, 2.24) is 15.1 Å². The van der Waals surface area contributed by atoms with Gasteiger partial charge in [-0.15, -0.1) is 24.0 Å². The first-order valence-electron chi connectivity index (χ1n) is 8.08. The molecule has 1 aromatic carbocycles. The van der Waals surface area contributed by atoms with E-state index >= 15 is 0 Å². The summed E-state index contributed by atoms with van der Waals surface area (Å²) in [5.41, 5.74) is 1.17. The summed E-state index contributed by atoms with van der Waals surface area (Å²) in [5.74, 6) is 1.42. The van der Waals surface area contributed by atoms with Crippen molar-refractivity contribution < 1.29 is 17.9 Å². The minimum atomic E-state index is -4.18. The van der Waals surface area contributed by atoms with Gasteiger partial charge in [0.25, 0.3) is 0 Å². The minimum Gasteiger partial charge on any atom is -0.492 e. The quantitative estimate of drug-likeness (QED) is 0.347. The number of nitrogens with zero attached hydrogens (tertiary/aromatic N) is 3. The Morgan fingerprint density at radius 2 is 1.77 bits per heavy atom. The lowest BCUT2D eigenvalue weighted by Crippen LogP contribution is -2.44. The normalized spacial score (nSPS) is 11.9. The Kier molecular flexibility index (Phi) is 11.6. The van der Waals surface area contributed by atoms with Crippen LogP contribution < -0.4 is 10.1 Å². The van der Waals surface area contributed by atoms with Gasteiger partial charge in [-0.2, -0.15) is 13.2 Å². The second-order valence-electron chi connectivity index (χ2n) is 5.91. The predicted octanol–water partition coefficient (Wildman–Crippen LogP) is 2.99. The molecule has 5 nitrogen and oxygen atoms in total. The SMILES string of the molecule is CN=C(NCCN(C)CC(F)(F)F)N(C)CCOc1ccc(C)cc1.I. The zero-order valence-corrected chi connectivity index (χ0v) is 18.0. The maximum absolute atomic E-state index is 12.3. The van der Waals surface area contributed by atoms with Crippen LogP contribution in [0, 0.1) is 6.92 Å². The van der Waals surface area contributed by atoms with E-state index in [1.54, 1.807) is 7.05 Å². The topological polar surface area (TPSA) is 40.1 Å². The number of aliphatic imine (C=N–C) groups is 1. The molecule has 0 unspecified atom stereocenters. The Morgan fingerprint density at radius 1 is 1.15 bits per heavy atom. The van der Waals surface area contributed by atoms with E-state index in [0.717, 1.165) is 5.75 Å². The van der Waals surface area contributed by atoms with Crippen molar-refractivity contribution >= 4 is 29.9 Å².